The number of unbranched alkanes of at least 4 members (excludes halogenated alkanes) is 2. The average molecular weight is 264 g/mol. The molecule has 0 spiro atoms. The second-order valence-corrected chi connectivity index (χ2v) is 5.11. The molecule has 0 saturated heterocycles. The molecule has 0 aliphatic carbocycles. The predicted molar refractivity (Wildman–Crippen MR) is 74.4 cm³/mol. The van der Waals surface area contributed by atoms with Crippen molar-refractivity contribution in [2.45, 2.75) is 26.2 Å². The molecule has 0 aliphatic heterocycles. The molecule has 96 valence electrons. The molecule has 4 nitrogen and oxygen atoms in total. The Labute approximate surface area is 109 Å². The van der Waals surface area contributed by atoms with Gasteiger partial charge < -0.3 is 5.32 Å². The van der Waals surface area contributed by atoms with E-state index in [4.69, 9.17) is 0 Å². The molecule has 1 aromatic carbocycles. The summed E-state index contributed by atoms with van der Waals surface area (Å²) >= 11 is 1.19. The van der Waals surface area contributed by atoms with Crippen molar-refractivity contribution in [1.82, 2.24) is 9.27 Å². The number of carbonyl (C=O) groups is 1. The molecule has 1 aromatic heterocycles. The molecule has 0 atom stereocenters. The van der Waals surface area contributed by atoms with Gasteiger partial charge in [0.1, 0.15) is 0 Å². The number of amides is 1. The first-order valence-electron chi connectivity index (χ1n) is 6.13. The fourth-order valence-electron chi connectivity index (χ4n) is 1.75. The molecule has 1 N–H and O–H groups in total. The minimum Gasteiger partial charge on any atom is -0.337 e. The van der Waals surface area contributed by atoms with Gasteiger partial charge in [-0.25, -0.2) is 4.79 Å². The zero-order chi connectivity index (χ0) is 13.0. The second kappa shape index (κ2) is 5.82. The van der Waals surface area contributed by atoms with Crippen LogP contribution in [-0.4, -0.2) is 16.5 Å². The lowest BCUT2D eigenvalue weighted by Gasteiger charge is -2.02. The Morgan fingerprint density at radius 1 is 1.33 bits per heavy atom. The minimum absolute atomic E-state index is 0.233. The number of nitrogens with one attached hydrogen (secondary N) is 1. The zero-order valence-corrected chi connectivity index (χ0v) is 11.1. The normalized spacial score (nSPS) is 10.7. The molecule has 1 amide bonds. The summed E-state index contributed by atoms with van der Waals surface area (Å²) in [7, 11) is 0. The van der Waals surface area contributed by atoms with Crippen LogP contribution in [0.1, 0.15) is 26.2 Å². The largest absolute Gasteiger partial charge is 0.338 e. The maximum absolute atomic E-state index is 12.0. The highest BCUT2D eigenvalue weighted by molar-refractivity contribution is 7.14. The van der Waals surface area contributed by atoms with E-state index in [9.17, 15) is 9.59 Å². The van der Waals surface area contributed by atoms with Gasteiger partial charge in [-0.3, -0.25) is 4.79 Å². The van der Waals surface area contributed by atoms with Crippen molar-refractivity contribution in [3.8, 4) is 0 Å². The first kappa shape index (κ1) is 12.8. The van der Waals surface area contributed by atoms with E-state index in [2.05, 4.69) is 12.2 Å². The molecule has 0 aliphatic rings. The lowest BCUT2D eigenvalue weighted by atomic mass is 10.2. The first-order valence-corrected chi connectivity index (χ1v) is 6.90. The van der Waals surface area contributed by atoms with Crippen LogP contribution < -0.4 is 10.9 Å². The SMILES string of the molecule is CCCCCNC(=O)n1sc2ccccc2c1=O. The van der Waals surface area contributed by atoms with Crippen molar-refractivity contribution in [3.05, 3.63) is 34.6 Å². The van der Waals surface area contributed by atoms with Crippen LogP contribution in [0.25, 0.3) is 10.1 Å². The van der Waals surface area contributed by atoms with E-state index in [1.54, 1.807) is 12.1 Å². The van der Waals surface area contributed by atoms with Gasteiger partial charge in [0.15, 0.2) is 0 Å². The van der Waals surface area contributed by atoms with E-state index in [-0.39, 0.29) is 11.6 Å². The predicted octanol–water partition coefficient (Wildman–Crippen LogP) is 2.81. The highest BCUT2D eigenvalue weighted by Crippen LogP contribution is 2.15. The van der Waals surface area contributed by atoms with Gasteiger partial charge in [-0.2, -0.15) is 3.96 Å². The third-order valence-electron chi connectivity index (χ3n) is 2.73. The van der Waals surface area contributed by atoms with Gasteiger partial charge in [-0.15, -0.1) is 0 Å². The fraction of sp³-hybridized carbons (Fsp3) is 0.385. The Balaban J connectivity index is 2.13. The molecular weight excluding hydrogens is 248 g/mol. The lowest BCUT2D eigenvalue weighted by Crippen LogP contribution is -2.33. The molecule has 2 rings (SSSR count). The maximum atomic E-state index is 12.0. The van der Waals surface area contributed by atoms with Crippen LogP contribution in [0.2, 0.25) is 0 Å². The summed E-state index contributed by atoms with van der Waals surface area (Å²) in [6, 6.07) is 6.94. The van der Waals surface area contributed by atoms with Crippen molar-refractivity contribution < 1.29 is 4.79 Å². The monoisotopic (exact) mass is 264 g/mol. The number of aromatic nitrogens is 1. The van der Waals surface area contributed by atoms with Crippen molar-refractivity contribution in [2.24, 2.45) is 0 Å². The molecule has 0 bridgehead atoms. The summed E-state index contributed by atoms with van der Waals surface area (Å²) in [6.07, 6.45) is 3.14. The summed E-state index contributed by atoms with van der Waals surface area (Å²) in [5, 5.41) is 3.37. The van der Waals surface area contributed by atoms with Crippen LogP contribution in [0.4, 0.5) is 4.79 Å². The lowest BCUT2D eigenvalue weighted by molar-refractivity contribution is 0.243. The summed E-state index contributed by atoms with van der Waals surface area (Å²) < 4.78 is 2.03. The number of hydrogen-bond donors (Lipinski definition) is 1. The Bertz CT molecular complexity index is 600. The Kier molecular flexibility index (Phi) is 4.15. The number of fused-ring (bicyclic) bond motifs is 1. The quantitative estimate of drug-likeness (QED) is 0.863. The highest BCUT2D eigenvalue weighted by Gasteiger charge is 2.12. The van der Waals surface area contributed by atoms with E-state index in [1.165, 1.54) is 15.5 Å². The molecule has 18 heavy (non-hydrogen) atoms. The standard InChI is InChI=1S/C13H16N2O2S/c1-2-3-6-9-14-13(17)15-12(16)10-7-4-5-8-11(10)18-15/h4-5,7-8H,2-3,6,9H2,1H3,(H,14,17). The number of hydrogen-bond acceptors (Lipinski definition) is 3. The topological polar surface area (TPSA) is 51.1 Å². The van der Waals surface area contributed by atoms with E-state index in [0.29, 0.717) is 11.9 Å². The van der Waals surface area contributed by atoms with Crippen molar-refractivity contribution in [2.75, 3.05) is 6.54 Å². The number of benzene rings is 1. The van der Waals surface area contributed by atoms with Gasteiger partial charge in [0, 0.05) is 6.54 Å². The van der Waals surface area contributed by atoms with Gasteiger partial charge >= 0.3 is 6.03 Å². The van der Waals surface area contributed by atoms with Crippen molar-refractivity contribution in [1.29, 1.82) is 0 Å². The smallest absolute Gasteiger partial charge is 0.337 e. The minimum atomic E-state index is -0.322. The maximum Gasteiger partial charge on any atom is 0.338 e. The summed E-state index contributed by atoms with van der Waals surface area (Å²) in [5.41, 5.74) is -0.233. The van der Waals surface area contributed by atoms with Crippen LogP contribution in [0, 0.1) is 0 Å². The second-order valence-electron chi connectivity index (χ2n) is 4.13. The van der Waals surface area contributed by atoms with Gasteiger partial charge in [-0.05, 0) is 30.1 Å². The molecule has 0 radical (unpaired) electrons. The van der Waals surface area contributed by atoms with Crippen molar-refractivity contribution in [3.63, 3.8) is 0 Å². The third kappa shape index (κ3) is 2.61. The summed E-state index contributed by atoms with van der Waals surface area (Å²) in [6.45, 7) is 2.73. The number of rotatable bonds is 4. The Hall–Kier alpha value is -1.62. The van der Waals surface area contributed by atoms with E-state index < -0.39 is 0 Å². The summed E-state index contributed by atoms with van der Waals surface area (Å²) in [5.74, 6) is 0. The van der Waals surface area contributed by atoms with E-state index >= 15 is 0 Å². The van der Waals surface area contributed by atoms with Crippen LogP contribution in [-0.2, 0) is 0 Å². The van der Waals surface area contributed by atoms with Crippen LogP contribution in [0.3, 0.4) is 0 Å². The molecule has 0 saturated carbocycles. The molecule has 1 heterocycles. The molecule has 2 aromatic rings. The van der Waals surface area contributed by atoms with Gasteiger partial charge in [0.2, 0.25) is 0 Å². The zero-order valence-electron chi connectivity index (χ0n) is 10.3. The fourth-order valence-corrected chi connectivity index (χ4v) is 2.67. The number of nitrogens with zero attached hydrogens (tertiary/aromatic N) is 1. The molecular formula is C13H16N2O2S. The van der Waals surface area contributed by atoms with Gasteiger partial charge in [-0.1, -0.05) is 31.9 Å². The highest BCUT2D eigenvalue weighted by atomic mass is 32.1. The molecule has 0 unspecified atom stereocenters. The number of carbonyl (C=O) groups excluding carboxylic acids is 1. The Morgan fingerprint density at radius 3 is 2.83 bits per heavy atom. The first-order chi connectivity index (χ1) is 8.74. The van der Waals surface area contributed by atoms with Crippen LogP contribution in [0.15, 0.2) is 29.1 Å². The Morgan fingerprint density at radius 2 is 2.11 bits per heavy atom. The molecule has 0 fully saturated rings. The summed E-state index contributed by atoms with van der Waals surface area (Å²) in [4.78, 5) is 23.8. The van der Waals surface area contributed by atoms with Gasteiger partial charge in [0.05, 0.1) is 10.1 Å². The molecule has 5 heteroatoms. The third-order valence-corrected chi connectivity index (χ3v) is 3.80. The van der Waals surface area contributed by atoms with Crippen LogP contribution >= 0.6 is 11.5 Å². The van der Waals surface area contributed by atoms with Gasteiger partial charge in [0.25, 0.3) is 5.56 Å². The van der Waals surface area contributed by atoms with E-state index in [1.807, 2.05) is 12.1 Å². The van der Waals surface area contributed by atoms with Crippen LogP contribution in [0.5, 0.6) is 0 Å². The van der Waals surface area contributed by atoms with Crippen molar-refractivity contribution >= 4 is 27.6 Å². The van der Waals surface area contributed by atoms with E-state index in [0.717, 1.165) is 24.0 Å². The average Bonchev–Trinajstić information content (AvgIpc) is 2.73.